The quantitative estimate of drug-likeness (QED) is 0.708. The van der Waals surface area contributed by atoms with E-state index in [0.29, 0.717) is 0 Å². The van der Waals surface area contributed by atoms with Gasteiger partial charge in [0.1, 0.15) is 10.6 Å². The fraction of sp³-hybridized carbons (Fsp3) is 0.0714. The topological polar surface area (TPSA) is 120 Å². The lowest BCUT2D eigenvalue weighted by atomic mass is 10.2. The third-order valence-electron chi connectivity index (χ3n) is 3.15. The van der Waals surface area contributed by atoms with Gasteiger partial charge in [0.15, 0.2) is 0 Å². The largest absolute Gasteiger partial charge is 0.434 e. The molecule has 3 N–H and O–H groups in total. The highest BCUT2D eigenvalue weighted by Crippen LogP contribution is 2.32. The van der Waals surface area contributed by atoms with E-state index in [4.69, 9.17) is 5.73 Å². The number of ether oxygens (including phenoxy) is 1. The summed E-state index contributed by atoms with van der Waals surface area (Å²) in [6.07, 6.45) is 3.50. The normalized spacial score (nSPS) is 11.6. The molecule has 0 radical (unpaired) electrons. The molecule has 0 saturated heterocycles. The van der Waals surface area contributed by atoms with E-state index >= 15 is 0 Å². The maximum absolute atomic E-state index is 12.5. The molecule has 25 heavy (non-hydrogen) atoms. The Balaban J connectivity index is 2.03. The zero-order valence-electron chi connectivity index (χ0n) is 12.4. The lowest BCUT2D eigenvalue weighted by Gasteiger charge is -2.13. The van der Waals surface area contributed by atoms with Crippen LogP contribution >= 0.6 is 0 Å². The summed E-state index contributed by atoms with van der Waals surface area (Å²) in [6, 6.07) is 5.52. The summed E-state index contributed by atoms with van der Waals surface area (Å²) in [7, 11) is -4.02. The van der Waals surface area contributed by atoms with Gasteiger partial charge in [0, 0.05) is 11.6 Å². The first-order chi connectivity index (χ1) is 11.9. The van der Waals surface area contributed by atoms with Gasteiger partial charge in [-0.25, -0.2) is 18.4 Å². The van der Waals surface area contributed by atoms with Crippen LogP contribution in [0.15, 0.2) is 47.8 Å². The minimum absolute atomic E-state index is 0.0698. The van der Waals surface area contributed by atoms with Crippen LogP contribution in [0.2, 0.25) is 0 Å². The molecule has 0 saturated carbocycles. The first-order valence-electron chi connectivity index (χ1n) is 6.80. The lowest BCUT2D eigenvalue weighted by Crippen LogP contribution is -2.14. The van der Waals surface area contributed by atoms with Gasteiger partial charge in [-0.05, 0) is 24.3 Å². The van der Waals surface area contributed by atoms with Crippen LogP contribution in [0.4, 0.5) is 20.4 Å². The molecule has 2 heterocycles. The van der Waals surface area contributed by atoms with E-state index in [1.54, 1.807) is 0 Å². The van der Waals surface area contributed by atoms with E-state index in [2.05, 4.69) is 24.4 Å². The molecule has 0 amide bonds. The summed E-state index contributed by atoms with van der Waals surface area (Å²) < 4.78 is 56.6. The van der Waals surface area contributed by atoms with Crippen molar-refractivity contribution in [3.05, 3.63) is 42.9 Å². The van der Waals surface area contributed by atoms with Gasteiger partial charge in [0.25, 0.3) is 10.0 Å². The summed E-state index contributed by atoms with van der Waals surface area (Å²) in [6.45, 7) is -3.02. The smallest absolute Gasteiger partial charge is 0.387 e. The minimum atomic E-state index is -4.02. The summed E-state index contributed by atoms with van der Waals surface area (Å²) in [5.74, 6) is -0.184. The van der Waals surface area contributed by atoms with Gasteiger partial charge in [-0.3, -0.25) is 9.71 Å². The number of benzene rings is 1. The number of fused-ring (bicyclic) bond motifs is 1. The number of anilines is 2. The number of hydrogen-bond acceptors (Lipinski definition) is 7. The standard InChI is InChI=1S/C14H11F2N5O3S/c15-13(16)24-11-4-3-10(12-9(11)2-1-5-18-12)21-25(22,23)8-6-19-14(17)20-7-8/h1-7,13,21H,(H2,17,19,20). The number of pyridine rings is 1. The minimum Gasteiger partial charge on any atom is -0.434 e. The molecule has 1 aromatic carbocycles. The van der Waals surface area contributed by atoms with Crippen LogP contribution in [-0.2, 0) is 10.0 Å². The van der Waals surface area contributed by atoms with E-state index in [0.717, 1.165) is 12.4 Å². The zero-order valence-corrected chi connectivity index (χ0v) is 13.2. The highest BCUT2D eigenvalue weighted by atomic mass is 32.2. The molecule has 0 aliphatic heterocycles. The molecule has 8 nitrogen and oxygen atoms in total. The van der Waals surface area contributed by atoms with Gasteiger partial charge in [0.05, 0.1) is 23.6 Å². The molecule has 3 aromatic rings. The van der Waals surface area contributed by atoms with E-state index in [9.17, 15) is 17.2 Å². The van der Waals surface area contributed by atoms with Gasteiger partial charge in [-0.15, -0.1) is 0 Å². The Kier molecular flexibility index (Phi) is 4.31. The maximum atomic E-state index is 12.5. The van der Waals surface area contributed by atoms with Crippen molar-refractivity contribution in [1.29, 1.82) is 0 Å². The molecule has 0 aliphatic rings. The van der Waals surface area contributed by atoms with Gasteiger partial charge >= 0.3 is 6.61 Å². The van der Waals surface area contributed by atoms with Gasteiger partial charge in [0.2, 0.25) is 5.95 Å². The van der Waals surface area contributed by atoms with Crippen molar-refractivity contribution in [3.8, 4) is 5.75 Å². The second kappa shape index (κ2) is 6.43. The van der Waals surface area contributed by atoms with Crippen LogP contribution in [0, 0.1) is 0 Å². The van der Waals surface area contributed by atoms with Crippen LogP contribution in [0.1, 0.15) is 0 Å². The molecule has 11 heteroatoms. The molecule has 0 atom stereocenters. The van der Waals surface area contributed by atoms with Gasteiger partial charge in [-0.1, -0.05) is 0 Å². The highest BCUT2D eigenvalue weighted by Gasteiger charge is 2.19. The van der Waals surface area contributed by atoms with Crippen molar-refractivity contribution < 1.29 is 21.9 Å². The van der Waals surface area contributed by atoms with Crippen molar-refractivity contribution in [3.63, 3.8) is 0 Å². The third kappa shape index (κ3) is 3.55. The molecule has 0 fully saturated rings. The Morgan fingerprint density at radius 1 is 1.12 bits per heavy atom. The zero-order chi connectivity index (χ0) is 18.0. The van der Waals surface area contributed by atoms with E-state index in [-0.39, 0.29) is 33.2 Å². The number of rotatable bonds is 5. The van der Waals surface area contributed by atoms with Gasteiger partial charge in [-0.2, -0.15) is 8.78 Å². The Morgan fingerprint density at radius 2 is 1.84 bits per heavy atom. The van der Waals surface area contributed by atoms with E-state index in [1.807, 2.05) is 0 Å². The first-order valence-corrected chi connectivity index (χ1v) is 8.28. The predicted molar refractivity (Wildman–Crippen MR) is 85.6 cm³/mol. The molecular weight excluding hydrogens is 356 g/mol. The monoisotopic (exact) mass is 367 g/mol. The van der Waals surface area contributed by atoms with Crippen molar-refractivity contribution in [2.45, 2.75) is 11.5 Å². The van der Waals surface area contributed by atoms with E-state index < -0.39 is 16.6 Å². The third-order valence-corrected chi connectivity index (χ3v) is 4.47. The summed E-state index contributed by atoms with van der Waals surface area (Å²) in [5.41, 5.74) is 5.58. The Labute approximate surface area is 140 Å². The number of alkyl halides is 2. The molecule has 3 rings (SSSR count). The number of halogens is 2. The van der Waals surface area contributed by atoms with Crippen LogP contribution in [-0.4, -0.2) is 30.0 Å². The van der Waals surface area contributed by atoms with Crippen molar-refractivity contribution in [2.75, 3.05) is 10.5 Å². The number of aromatic nitrogens is 3. The fourth-order valence-corrected chi connectivity index (χ4v) is 3.05. The number of nitrogens with one attached hydrogen (secondary N) is 1. The molecular formula is C14H11F2N5O3S. The SMILES string of the molecule is Nc1ncc(S(=O)(=O)Nc2ccc(OC(F)F)c3cccnc23)cn1. The summed E-state index contributed by atoms with van der Waals surface area (Å²) in [5, 5.41) is 0.233. The van der Waals surface area contributed by atoms with Crippen LogP contribution < -0.4 is 15.2 Å². The number of sulfonamides is 1. The predicted octanol–water partition coefficient (Wildman–Crippen LogP) is 2.01. The number of nitrogen functional groups attached to an aromatic ring is 1. The van der Waals surface area contributed by atoms with Crippen LogP contribution in [0.3, 0.4) is 0 Å². The molecule has 0 aliphatic carbocycles. The Hall–Kier alpha value is -3.08. The first kappa shape index (κ1) is 16.8. The van der Waals surface area contributed by atoms with Crippen molar-refractivity contribution in [1.82, 2.24) is 15.0 Å². The number of hydrogen-bond donors (Lipinski definition) is 2. The average Bonchev–Trinajstić information content (AvgIpc) is 2.57. The molecule has 0 bridgehead atoms. The Morgan fingerprint density at radius 3 is 2.52 bits per heavy atom. The molecule has 2 aromatic heterocycles. The molecule has 130 valence electrons. The number of nitrogens with two attached hydrogens (primary N) is 1. The van der Waals surface area contributed by atoms with E-state index in [1.165, 1.54) is 30.5 Å². The second-order valence-electron chi connectivity index (χ2n) is 4.77. The summed E-state index contributed by atoms with van der Waals surface area (Å²) in [4.78, 5) is 11.1. The molecule has 0 spiro atoms. The average molecular weight is 367 g/mol. The molecule has 0 unspecified atom stereocenters. The Bertz CT molecular complexity index is 1010. The number of nitrogens with zero attached hydrogens (tertiary/aromatic N) is 3. The lowest BCUT2D eigenvalue weighted by molar-refractivity contribution is -0.0487. The van der Waals surface area contributed by atoms with Crippen molar-refractivity contribution in [2.24, 2.45) is 0 Å². The van der Waals surface area contributed by atoms with Crippen LogP contribution in [0.5, 0.6) is 5.75 Å². The summed E-state index contributed by atoms with van der Waals surface area (Å²) >= 11 is 0. The van der Waals surface area contributed by atoms with Crippen LogP contribution in [0.25, 0.3) is 10.9 Å². The van der Waals surface area contributed by atoms with Gasteiger partial charge < -0.3 is 10.5 Å². The maximum Gasteiger partial charge on any atom is 0.387 e. The fourth-order valence-electron chi connectivity index (χ4n) is 2.10. The van der Waals surface area contributed by atoms with Crippen molar-refractivity contribution >= 4 is 32.6 Å². The highest BCUT2D eigenvalue weighted by molar-refractivity contribution is 7.92. The second-order valence-corrected chi connectivity index (χ2v) is 6.45.